The minimum absolute atomic E-state index is 0.520. The van der Waals surface area contributed by atoms with Crippen molar-refractivity contribution in [2.45, 2.75) is 19.4 Å². The Morgan fingerprint density at radius 2 is 2.44 bits per heavy atom. The summed E-state index contributed by atoms with van der Waals surface area (Å²) in [5.41, 5.74) is 2.81. The number of hydrogen-bond acceptors (Lipinski definition) is 3. The molecule has 3 nitrogen and oxygen atoms in total. The molecule has 0 amide bonds. The first-order valence-corrected chi connectivity index (χ1v) is 3.51. The second-order valence-electron chi connectivity index (χ2n) is 2.74. The van der Waals surface area contributed by atoms with Gasteiger partial charge in [0.1, 0.15) is 0 Å². The fourth-order valence-corrected chi connectivity index (χ4v) is 1.26. The van der Waals surface area contributed by atoms with Crippen LogP contribution in [0.1, 0.15) is 13.3 Å². The van der Waals surface area contributed by atoms with Crippen LogP contribution in [0, 0.1) is 5.92 Å². The maximum Gasteiger partial charge on any atom is 0.0260 e. The summed E-state index contributed by atoms with van der Waals surface area (Å²) in [6, 6.07) is 0.520. The number of rotatable bonds is 1. The van der Waals surface area contributed by atoms with Crippen LogP contribution >= 0.6 is 0 Å². The van der Waals surface area contributed by atoms with E-state index in [1.165, 1.54) is 0 Å². The summed E-state index contributed by atoms with van der Waals surface area (Å²) in [6.07, 6.45) is 1.15. The average molecular weight is 129 g/mol. The predicted molar refractivity (Wildman–Crippen MR) is 37.8 cm³/mol. The van der Waals surface area contributed by atoms with Gasteiger partial charge in [0.25, 0.3) is 0 Å². The lowest BCUT2D eigenvalue weighted by Crippen LogP contribution is -2.48. The standard InChI is InChI=1S/C6H15N3/c1-5-4-8-3-2-6(5)9-7/h5-6,8-9H,2-4,7H2,1H3. The highest BCUT2D eigenvalue weighted by Gasteiger charge is 2.18. The van der Waals surface area contributed by atoms with Crippen molar-refractivity contribution in [3.63, 3.8) is 0 Å². The van der Waals surface area contributed by atoms with Crippen LogP contribution in [0.15, 0.2) is 0 Å². The SMILES string of the molecule is CC1CNCCC1NN. The van der Waals surface area contributed by atoms with Crippen molar-refractivity contribution >= 4 is 0 Å². The van der Waals surface area contributed by atoms with E-state index in [-0.39, 0.29) is 0 Å². The molecule has 4 N–H and O–H groups in total. The monoisotopic (exact) mass is 129 g/mol. The molecular weight excluding hydrogens is 114 g/mol. The van der Waals surface area contributed by atoms with Crippen molar-refractivity contribution in [1.82, 2.24) is 10.7 Å². The van der Waals surface area contributed by atoms with Crippen LogP contribution in [0.3, 0.4) is 0 Å². The molecule has 0 aromatic rings. The molecule has 9 heavy (non-hydrogen) atoms. The molecule has 1 saturated heterocycles. The molecule has 1 heterocycles. The van der Waals surface area contributed by atoms with E-state index in [1.807, 2.05) is 0 Å². The Labute approximate surface area is 56.0 Å². The maximum absolute atomic E-state index is 5.32. The van der Waals surface area contributed by atoms with Gasteiger partial charge < -0.3 is 5.32 Å². The topological polar surface area (TPSA) is 50.1 Å². The second-order valence-corrected chi connectivity index (χ2v) is 2.74. The van der Waals surface area contributed by atoms with Gasteiger partial charge in [-0.15, -0.1) is 0 Å². The van der Waals surface area contributed by atoms with Crippen molar-refractivity contribution in [2.75, 3.05) is 13.1 Å². The first-order valence-electron chi connectivity index (χ1n) is 3.51. The molecule has 1 rings (SSSR count). The van der Waals surface area contributed by atoms with Gasteiger partial charge >= 0.3 is 0 Å². The van der Waals surface area contributed by atoms with Gasteiger partial charge in [-0.05, 0) is 25.4 Å². The maximum atomic E-state index is 5.32. The lowest BCUT2D eigenvalue weighted by atomic mass is 9.96. The summed E-state index contributed by atoms with van der Waals surface area (Å²) >= 11 is 0. The van der Waals surface area contributed by atoms with E-state index in [0.717, 1.165) is 19.5 Å². The van der Waals surface area contributed by atoms with Crippen molar-refractivity contribution in [1.29, 1.82) is 0 Å². The minimum atomic E-state index is 0.520. The first kappa shape index (κ1) is 6.99. The van der Waals surface area contributed by atoms with Gasteiger partial charge in [-0.3, -0.25) is 11.3 Å². The highest BCUT2D eigenvalue weighted by molar-refractivity contribution is 4.78. The summed E-state index contributed by atoms with van der Waals surface area (Å²) in [4.78, 5) is 0. The van der Waals surface area contributed by atoms with E-state index in [4.69, 9.17) is 5.84 Å². The van der Waals surface area contributed by atoms with E-state index in [2.05, 4.69) is 17.7 Å². The molecular formula is C6H15N3. The molecule has 0 aromatic carbocycles. The highest BCUT2D eigenvalue weighted by atomic mass is 15.2. The molecule has 1 fully saturated rings. The molecule has 2 atom stereocenters. The Balaban J connectivity index is 2.30. The molecule has 1 aliphatic rings. The van der Waals surface area contributed by atoms with Gasteiger partial charge in [-0.2, -0.15) is 0 Å². The van der Waals surface area contributed by atoms with E-state index in [9.17, 15) is 0 Å². The summed E-state index contributed by atoms with van der Waals surface area (Å²) < 4.78 is 0. The third-order valence-corrected chi connectivity index (χ3v) is 2.00. The molecule has 3 heteroatoms. The second kappa shape index (κ2) is 3.15. The van der Waals surface area contributed by atoms with Gasteiger partial charge in [0, 0.05) is 6.04 Å². The number of nitrogens with one attached hydrogen (secondary N) is 2. The van der Waals surface area contributed by atoms with Crippen LogP contribution in [-0.2, 0) is 0 Å². The van der Waals surface area contributed by atoms with E-state index < -0.39 is 0 Å². The van der Waals surface area contributed by atoms with Gasteiger partial charge in [0.05, 0.1) is 0 Å². The van der Waals surface area contributed by atoms with Gasteiger partial charge in [-0.1, -0.05) is 6.92 Å². The third-order valence-electron chi connectivity index (χ3n) is 2.00. The summed E-state index contributed by atoms with van der Waals surface area (Å²) in [6.45, 7) is 4.39. The quantitative estimate of drug-likeness (QED) is 0.329. The van der Waals surface area contributed by atoms with Crippen LogP contribution in [0.2, 0.25) is 0 Å². The van der Waals surface area contributed by atoms with Crippen molar-refractivity contribution in [3.05, 3.63) is 0 Å². The van der Waals surface area contributed by atoms with Crippen molar-refractivity contribution < 1.29 is 0 Å². The average Bonchev–Trinajstić information content (AvgIpc) is 1.89. The molecule has 0 aliphatic carbocycles. The van der Waals surface area contributed by atoms with E-state index in [0.29, 0.717) is 12.0 Å². The van der Waals surface area contributed by atoms with Gasteiger partial charge in [0.2, 0.25) is 0 Å². The Morgan fingerprint density at radius 3 is 2.89 bits per heavy atom. The van der Waals surface area contributed by atoms with Crippen LogP contribution in [-0.4, -0.2) is 19.1 Å². The molecule has 2 unspecified atom stereocenters. The largest absolute Gasteiger partial charge is 0.316 e. The van der Waals surface area contributed by atoms with Crippen LogP contribution in [0.25, 0.3) is 0 Å². The zero-order valence-electron chi connectivity index (χ0n) is 5.85. The zero-order chi connectivity index (χ0) is 6.69. The lowest BCUT2D eigenvalue weighted by Gasteiger charge is -2.28. The number of nitrogens with two attached hydrogens (primary N) is 1. The molecule has 0 radical (unpaired) electrons. The van der Waals surface area contributed by atoms with E-state index in [1.54, 1.807) is 0 Å². The van der Waals surface area contributed by atoms with Crippen molar-refractivity contribution in [3.8, 4) is 0 Å². The summed E-state index contributed by atoms with van der Waals surface area (Å²) in [5, 5.41) is 3.30. The van der Waals surface area contributed by atoms with Crippen LogP contribution in [0.4, 0.5) is 0 Å². The molecule has 0 aromatic heterocycles. The first-order chi connectivity index (χ1) is 4.34. The van der Waals surface area contributed by atoms with Gasteiger partial charge in [-0.25, -0.2) is 0 Å². The fraction of sp³-hybridized carbons (Fsp3) is 1.00. The fourth-order valence-electron chi connectivity index (χ4n) is 1.26. The van der Waals surface area contributed by atoms with Crippen LogP contribution < -0.4 is 16.6 Å². The Hall–Kier alpha value is -0.120. The Morgan fingerprint density at radius 1 is 1.67 bits per heavy atom. The summed E-state index contributed by atoms with van der Waals surface area (Å²) in [5.74, 6) is 5.99. The molecule has 0 spiro atoms. The smallest absolute Gasteiger partial charge is 0.0260 e. The number of hydrazine groups is 1. The van der Waals surface area contributed by atoms with Crippen LogP contribution in [0.5, 0.6) is 0 Å². The Kier molecular flexibility index (Phi) is 2.45. The number of hydrogen-bond donors (Lipinski definition) is 3. The molecule has 0 saturated carbocycles. The minimum Gasteiger partial charge on any atom is -0.316 e. The molecule has 54 valence electrons. The predicted octanol–water partition coefficient (Wildman–Crippen LogP) is -0.552. The zero-order valence-corrected chi connectivity index (χ0v) is 5.85. The highest BCUT2D eigenvalue weighted by Crippen LogP contribution is 2.08. The molecule has 0 bridgehead atoms. The Bertz CT molecular complexity index is 84.4. The van der Waals surface area contributed by atoms with E-state index >= 15 is 0 Å². The normalized spacial score (nSPS) is 36.7. The third kappa shape index (κ3) is 1.64. The summed E-state index contributed by atoms with van der Waals surface area (Å²) in [7, 11) is 0. The number of piperidine rings is 1. The van der Waals surface area contributed by atoms with Gasteiger partial charge in [0.15, 0.2) is 0 Å². The lowest BCUT2D eigenvalue weighted by molar-refractivity contribution is 0.300. The molecule has 1 aliphatic heterocycles. The van der Waals surface area contributed by atoms with Crippen molar-refractivity contribution in [2.24, 2.45) is 11.8 Å².